The molecule has 2 rings (SSSR count). The minimum atomic E-state index is -0.668. The van der Waals surface area contributed by atoms with Gasteiger partial charge in [0.15, 0.2) is 0 Å². The molecule has 4 heteroatoms. The molecule has 17 heavy (non-hydrogen) atoms. The fraction of sp³-hybridized carbons (Fsp3) is 0.231. The monoisotopic (exact) mass is 229 g/mol. The van der Waals surface area contributed by atoms with Crippen molar-refractivity contribution in [2.45, 2.75) is 19.4 Å². The Hall–Kier alpha value is -1.94. The van der Waals surface area contributed by atoms with Gasteiger partial charge in [-0.1, -0.05) is 6.07 Å². The van der Waals surface area contributed by atoms with Crippen LogP contribution >= 0.6 is 0 Å². The first kappa shape index (κ1) is 11.5. The molecule has 0 bridgehead atoms. The van der Waals surface area contributed by atoms with E-state index in [9.17, 15) is 5.11 Å². The van der Waals surface area contributed by atoms with E-state index in [1.54, 1.807) is 12.4 Å². The molecule has 88 valence electrons. The average molecular weight is 229 g/mol. The Morgan fingerprint density at radius 2 is 2.06 bits per heavy atom. The second kappa shape index (κ2) is 4.93. The van der Waals surface area contributed by atoms with Crippen molar-refractivity contribution in [3.8, 4) is 0 Å². The van der Waals surface area contributed by atoms with E-state index in [1.165, 1.54) is 0 Å². The van der Waals surface area contributed by atoms with Gasteiger partial charge in [-0.05, 0) is 30.7 Å². The van der Waals surface area contributed by atoms with E-state index in [-0.39, 0.29) is 0 Å². The number of nitrogens with two attached hydrogens (primary N) is 1. The lowest BCUT2D eigenvalue weighted by Crippen LogP contribution is -2.09. The zero-order valence-corrected chi connectivity index (χ0v) is 9.67. The van der Waals surface area contributed by atoms with Crippen molar-refractivity contribution in [2.24, 2.45) is 0 Å². The van der Waals surface area contributed by atoms with Gasteiger partial charge in [-0.15, -0.1) is 0 Å². The van der Waals surface area contributed by atoms with Crippen molar-refractivity contribution in [3.05, 3.63) is 53.5 Å². The fourth-order valence-electron chi connectivity index (χ4n) is 1.84. The van der Waals surface area contributed by atoms with Crippen LogP contribution in [0.2, 0.25) is 0 Å². The SMILES string of the molecule is Cc1ccnc(N)c1C(O)Cc1ccccn1. The van der Waals surface area contributed by atoms with Crippen LogP contribution in [0.3, 0.4) is 0 Å². The van der Waals surface area contributed by atoms with Gasteiger partial charge < -0.3 is 10.8 Å². The standard InChI is InChI=1S/C13H15N3O/c1-9-5-7-16-13(14)12(9)11(17)8-10-4-2-3-6-15-10/h2-7,11,17H,8H2,1H3,(H2,14,16). The van der Waals surface area contributed by atoms with Gasteiger partial charge in [0.1, 0.15) is 5.82 Å². The summed E-state index contributed by atoms with van der Waals surface area (Å²) in [5, 5.41) is 10.2. The number of rotatable bonds is 3. The highest BCUT2D eigenvalue weighted by Crippen LogP contribution is 2.24. The van der Waals surface area contributed by atoms with Crippen LogP contribution in [0.5, 0.6) is 0 Å². The highest BCUT2D eigenvalue weighted by molar-refractivity contribution is 5.45. The van der Waals surface area contributed by atoms with Crippen molar-refractivity contribution < 1.29 is 5.11 Å². The van der Waals surface area contributed by atoms with E-state index in [1.807, 2.05) is 31.2 Å². The minimum Gasteiger partial charge on any atom is -0.388 e. The average Bonchev–Trinajstić information content (AvgIpc) is 2.30. The summed E-state index contributed by atoms with van der Waals surface area (Å²) in [6.07, 6.45) is 3.12. The molecule has 0 aliphatic carbocycles. The van der Waals surface area contributed by atoms with Gasteiger partial charge >= 0.3 is 0 Å². The second-order valence-electron chi connectivity index (χ2n) is 3.97. The Balaban J connectivity index is 2.23. The number of hydrogen-bond donors (Lipinski definition) is 2. The Bertz CT molecular complexity index is 479. The quantitative estimate of drug-likeness (QED) is 0.839. The van der Waals surface area contributed by atoms with Crippen molar-refractivity contribution in [1.82, 2.24) is 9.97 Å². The van der Waals surface area contributed by atoms with Crippen LogP contribution in [0.4, 0.5) is 5.82 Å². The van der Waals surface area contributed by atoms with Gasteiger partial charge in [0.25, 0.3) is 0 Å². The number of aryl methyl sites for hydroxylation is 1. The third-order valence-corrected chi connectivity index (χ3v) is 2.70. The first-order valence-electron chi connectivity index (χ1n) is 5.47. The molecular weight excluding hydrogens is 214 g/mol. The second-order valence-corrected chi connectivity index (χ2v) is 3.97. The molecule has 2 heterocycles. The Kier molecular flexibility index (Phi) is 3.35. The number of aliphatic hydroxyl groups is 1. The van der Waals surface area contributed by atoms with Gasteiger partial charge in [-0.25, -0.2) is 4.98 Å². The molecule has 0 amide bonds. The molecule has 0 aliphatic rings. The van der Waals surface area contributed by atoms with Crippen molar-refractivity contribution in [3.63, 3.8) is 0 Å². The van der Waals surface area contributed by atoms with Crippen LogP contribution in [0, 0.1) is 6.92 Å². The summed E-state index contributed by atoms with van der Waals surface area (Å²) in [5.74, 6) is 0.383. The molecule has 0 saturated heterocycles. The Morgan fingerprint density at radius 1 is 1.24 bits per heavy atom. The fourth-order valence-corrected chi connectivity index (χ4v) is 1.84. The molecule has 0 aromatic carbocycles. The maximum absolute atomic E-state index is 10.2. The first-order chi connectivity index (χ1) is 8.18. The van der Waals surface area contributed by atoms with E-state index in [0.717, 1.165) is 11.3 Å². The molecule has 0 aliphatic heterocycles. The van der Waals surface area contributed by atoms with Crippen molar-refractivity contribution in [2.75, 3.05) is 5.73 Å². The Labute approximate surface area is 100 Å². The van der Waals surface area contributed by atoms with Gasteiger partial charge in [0.05, 0.1) is 6.10 Å². The summed E-state index contributed by atoms with van der Waals surface area (Å²) >= 11 is 0. The van der Waals surface area contributed by atoms with Crippen LogP contribution in [-0.2, 0) is 6.42 Å². The predicted octanol–water partition coefficient (Wildman–Crippen LogP) is 1.64. The third kappa shape index (κ3) is 2.60. The molecule has 2 aromatic heterocycles. The third-order valence-electron chi connectivity index (χ3n) is 2.70. The van der Waals surface area contributed by atoms with E-state index >= 15 is 0 Å². The zero-order chi connectivity index (χ0) is 12.3. The molecule has 3 N–H and O–H groups in total. The number of aromatic nitrogens is 2. The molecular formula is C13H15N3O. The Morgan fingerprint density at radius 3 is 2.71 bits per heavy atom. The smallest absolute Gasteiger partial charge is 0.129 e. The molecule has 1 unspecified atom stereocenters. The molecule has 1 atom stereocenters. The normalized spacial score (nSPS) is 12.4. The number of nitrogens with zero attached hydrogens (tertiary/aromatic N) is 2. The van der Waals surface area contributed by atoms with Crippen molar-refractivity contribution in [1.29, 1.82) is 0 Å². The lowest BCUT2D eigenvalue weighted by atomic mass is 10.0. The summed E-state index contributed by atoms with van der Waals surface area (Å²) in [7, 11) is 0. The van der Waals surface area contributed by atoms with Crippen LogP contribution in [0.15, 0.2) is 36.7 Å². The lowest BCUT2D eigenvalue weighted by Gasteiger charge is -2.14. The summed E-state index contributed by atoms with van der Waals surface area (Å²) < 4.78 is 0. The van der Waals surface area contributed by atoms with E-state index in [2.05, 4.69) is 9.97 Å². The molecule has 0 radical (unpaired) electrons. The zero-order valence-electron chi connectivity index (χ0n) is 9.67. The van der Waals surface area contributed by atoms with Crippen molar-refractivity contribution >= 4 is 5.82 Å². The van der Waals surface area contributed by atoms with Gasteiger partial charge in [-0.3, -0.25) is 4.98 Å². The molecule has 2 aromatic rings. The van der Waals surface area contributed by atoms with Gasteiger partial charge in [0.2, 0.25) is 0 Å². The topological polar surface area (TPSA) is 72.0 Å². The largest absolute Gasteiger partial charge is 0.388 e. The highest BCUT2D eigenvalue weighted by Gasteiger charge is 2.15. The van der Waals surface area contributed by atoms with Crippen LogP contribution in [0.25, 0.3) is 0 Å². The molecule has 4 nitrogen and oxygen atoms in total. The van der Waals surface area contributed by atoms with Crippen LogP contribution in [-0.4, -0.2) is 15.1 Å². The number of anilines is 1. The summed E-state index contributed by atoms with van der Waals surface area (Å²) in [6.45, 7) is 1.91. The number of hydrogen-bond acceptors (Lipinski definition) is 4. The summed E-state index contributed by atoms with van der Waals surface area (Å²) in [5.41, 5.74) is 8.26. The summed E-state index contributed by atoms with van der Waals surface area (Å²) in [6, 6.07) is 7.46. The van der Waals surface area contributed by atoms with E-state index < -0.39 is 6.10 Å². The number of nitrogen functional groups attached to an aromatic ring is 1. The minimum absolute atomic E-state index is 0.383. The molecule has 0 saturated carbocycles. The predicted molar refractivity (Wildman–Crippen MR) is 66.3 cm³/mol. The van der Waals surface area contributed by atoms with Gasteiger partial charge in [0, 0.05) is 30.1 Å². The first-order valence-corrected chi connectivity index (χ1v) is 5.47. The van der Waals surface area contributed by atoms with Crippen LogP contribution in [0.1, 0.15) is 22.9 Å². The highest BCUT2D eigenvalue weighted by atomic mass is 16.3. The van der Waals surface area contributed by atoms with Crippen LogP contribution < -0.4 is 5.73 Å². The lowest BCUT2D eigenvalue weighted by molar-refractivity contribution is 0.177. The number of pyridine rings is 2. The van der Waals surface area contributed by atoms with E-state index in [4.69, 9.17) is 5.73 Å². The molecule has 0 spiro atoms. The van der Waals surface area contributed by atoms with E-state index in [0.29, 0.717) is 17.8 Å². The van der Waals surface area contributed by atoms with Gasteiger partial charge in [-0.2, -0.15) is 0 Å². The summed E-state index contributed by atoms with van der Waals surface area (Å²) in [4.78, 5) is 8.18. The maximum Gasteiger partial charge on any atom is 0.129 e. The maximum atomic E-state index is 10.2. The molecule has 0 fully saturated rings. The number of aliphatic hydroxyl groups excluding tert-OH is 1.